The Morgan fingerprint density at radius 2 is 2.07 bits per heavy atom. The van der Waals surface area contributed by atoms with E-state index in [-0.39, 0.29) is 11.8 Å². The molecule has 29 heavy (non-hydrogen) atoms. The van der Waals surface area contributed by atoms with Crippen molar-refractivity contribution in [2.45, 2.75) is 18.8 Å². The summed E-state index contributed by atoms with van der Waals surface area (Å²) in [6, 6.07) is 15.5. The highest BCUT2D eigenvalue weighted by molar-refractivity contribution is 7.13. The van der Waals surface area contributed by atoms with Crippen molar-refractivity contribution in [3.63, 3.8) is 0 Å². The molecule has 0 aliphatic carbocycles. The molecular weight excluding hydrogens is 386 g/mol. The lowest BCUT2D eigenvalue weighted by molar-refractivity contribution is 0.0692. The van der Waals surface area contributed by atoms with Crippen LogP contribution in [0.4, 0.5) is 0 Å². The van der Waals surface area contributed by atoms with Crippen molar-refractivity contribution in [3.05, 3.63) is 65.5 Å². The van der Waals surface area contributed by atoms with Gasteiger partial charge in [-0.15, -0.1) is 21.5 Å². The number of nitrogens with zero attached hydrogens (tertiary/aromatic N) is 4. The predicted molar refractivity (Wildman–Crippen MR) is 110 cm³/mol. The van der Waals surface area contributed by atoms with Crippen molar-refractivity contribution in [2.75, 3.05) is 13.1 Å². The van der Waals surface area contributed by atoms with Crippen LogP contribution in [0.25, 0.3) is 22.0 Å². The van der Waals surface area contributed by atoms with E-state index in [1.54, 1.807) is 11.3 Å². The molecule has 3 aromatic heterocycles. The molecule has 146 valence electrons. The zero-order valence-corrected chi connectivity index (χ0v) is 16.4. The third-order valence-electron chi connectivity index (χ3n) is 5.11. The number of rotatable bonds is 4. The van der Waals surface area contributed by atoms with Crippen molar-refractivity contribution in [3.8, 4) is 22.0 Å². The van der Waals surface area contributed by atoms with Gasteiger partial charge in [-0.3, -0.25) is 9.89 Å². The summed E-state index contributed by atoms with van der Waals surface area (Å²) in [6.45, 7) is 1.27. The molecule has 8 heteroatoms. The van der Waals surface area contributed by atoms with Gasteiger partial charge in [-0.05, 0) is 30.4 Å². The van der Waals surface area contributed by atoms with Crippen molar-refractivity contribution >= 4 is 17.2 Å². The van der Waals surface area contributed by atoms with Gasteiger partial charge in [0.2, 0.25) is 5.89 Å². The van der Waals surface area contributed by atoms with E-state index < -0.39 is 0 Å². The van der Waals surface area contributed by atoms with Crippen LogP contribution in [-0.2, 0) is 0 Å². The molecule has 1 aromatic carbocycles. The molecule has 1 saturated heterocycles. The maximum Gasteiger partial charge on any atom is 0.271 e. The van der Waals surface area contributed by atoms with E-state index in [1.165, 1.54) is 0 Å². The molecule has 0 radical (unpaired) electrons. The molecule has 5 rings (SSSR count). The Labute approximate surface area is 171 Å². The number of nitrogens with one attached hydrogen (secondary N) is 1. The van der Waals surface area contributed by atoms with Crippen LogP contribution >= 0.6 is 11.3 Å². The summed E-state index contributed by atoms with van der Waals surface area (Å²) < 4.78 is 5.89. The summed E-state index contributed by atoms with van der Waals surface area (Å²) in [5.41, 5.74) is 2.24. The third-order valence-corrected chi connectivity index (χ3v) is 5.97. The van der Waals surface area contributed by atoms with Crippen LogP contribution in [0.1, 0.15) is 35.1 Å². The molecule has 1 unspecified atom stereocenters. The first-order valence-electron chi connectivity index (χ1n) is 9.55. The number of carbonyl (C=O) groups is 1. The average molecular weight is 405 g/mol. The van der Waals surface area contributed by atoms with Crippen molar-refractivity contribution in [2.24, 2.45) is 0 Å². The molecule has 1 aliphatic heterocycles. The summed E-state index contributed by atoms with van der Waals surface area (Å²) in [5, 5.41) is 17.6. The maximum absolute atomic E-state index is 13.0. The van der Waals surface area contributed by atoms with Crippen LogP contribution in [0.3, 0.4) is 0 Å². The van der Waals surface area contributed by atoms with E-state index in [9.17, 15) is 4.79 Å². The minimum atomic E-state index is -0.0534. The van der Waals surface area contributed by atoms with Gasteiger partial charge in [0.15, 0.2) is 0 Å². The quantitative estimate of drug-likeness (QED) is 0.549. The van der Waals surface area contributed by atoms with E-state index in [0.717, 1.165) is 29.0 Å². The lowest BCUT2D eigenvalue weighted by atomic mass is 9.97. The van der Waals surface area contributed by atoms with Crippen molar-refractivity contribution in [1.82, 2.24) is 25.3 Å². The van der Waals surface area contributed by atoms with Gasteiger partial charge in [0.25, 0.3) is 11.8 Å². The molecule has 1 amide bonds. The lowest BCUT2D eigenvalue weighted by Crippen LogP contribution is -2.39. The Hall–Kier alpha value is -3.26. The van der Waals surface area contributed by atoms with E-state index in [1.807, 2.05) is 58.8 Å². The normalized spacial score (nSPS) is 16.8. The smallest absolute Gasteiger partial charge is 0.271 e. The minimum absolute atomic E-state index is 0.0467. The number of hydrogen-bond acceptors (Lipinski definition) is 6. The number of hydrogen-bond donors (Lipinski definition) is 1. The molecule has 1 N–H and O–H groups in total. The van der Waals surface area contributed by atoms with Crippen LogP contribution in [0, 0.1) is 0 Å². The molecule has 0 spiro atoms. The van der Waals surface area contributed by atoms with Gasteiger partial charge < -0.3 is 9.32 Å². The summed E-state index contributed by atoms with van der Waals surface area (Å²) in [7, 11) is 0. The van der Waals surface area contributed by atoms with Gasteiger partial charge >= 0.3 is 0 Å². The molecule has 0 saturated carbocycles. The maximum atomic E-state index is 13.0. The Morgan fingerprint density at radius 3 is 2.90 bits per heavy atom. The largest absolute Gasteiger partial charge is 0.420 e. The van der Waals surface area contributed by atoms with E-state index >= 15 is 0 Å². The Morgan fingerprint density at radius 1 is 1.17 bits per heavy atom. The second-order valence-electron chi connectivity index (χ2n) is 7.05. The fraction of sp³-hybridized carbons (Fsp3) is 0.238. The molecule has 4 aromatic rings. The van der Waals surface area contributed by atoms with E-state index in [2.05, 4.69) is 20.4 Å². The van der Waals surface area contributed by atoms with E-state index in [4.69, 9.17) is 4.42 Å². The van der Waals surface area contributed by atoms with Gasteiger partial charge in [-0.1, -0.05) is 36.4 Å². The van der Waals surface area contributed by atoms with E-state index in [0.29, 0.717) is 30.6 Å². The summed E-state index contributed by atoms with van der Waals surface area (Å²) in [5.74, 6) is 1.13. The van der Waals surface area contributed by atoms with Gasteiger partial charge in [-0.25, -0.2) is 0 Å². The van der Waals surface area contributed by atoms with Crippen molar-refractivity contribution < 1.29 is 9.21 Å². The van der Waals surface area contributed by atoms with Crippen LogP contribution in [0.15, 0.2) is 58.3 Å². The summed E-state index contributed by atoms with van der Waals surface area (Å²) in [4.78, 5) is 15.8. The summed E-state index contributed by atoms with van der Waals surface area (Å²) in [6.07, 6.45) is 1.82. The second-order valence-corrected chi connectivity index (χ2v) is 7.99. The van der Waals surface area contributed by atoms with Crippen LogP contribution in [-0.4, -0.2) is 44.3 Å². The average Bonchev–Trinajstić information content (AvgIpc) is 3.55. The first-order valence-corrected chi connectivity index (χ1v) is 10.4. The Balaban J connectivity index is 1.31. The molecule has 7 nitrogen and oxygen atoms in total. The number of carbonyl (C=O) groups excluding carboxylic acids is 1. The molecular formula is C21H19N5O2S. The van der Waals surface area contributed by atoms with Gasteiger partial charge in [0.05, 0.1) is 16.5 Å². The molecule has 4 heterocycles. The fourth-order valence-corrected chi connectivity index (χ4v) is 4.27. The molecule has 0 bridgehead atoms. The monoisotopic (exact) mass is 405 g/mol. The minimum Gasteiger partial charge on any atom is -0.420 e. The topological polar surface area (TPSA) is 87.9 Å². The van der Waals surface area contributed by atoms with Gasteiger partial charge in [-0.2, -0.15) is 5.10 Å². The number of thiophene rings is 1. The lowest BCUT2D eigenvalue weighted by Gasteiger charge is -2.30. The van der Waals surface area contributed by atoms with Crippen LogP contribution in [0.2, 0.25) is 0 Å². The first kappa shape index (κ1) is 17.8. The number of piperidine rings is 1. The highest BCUT2D eigenvalue weighted by Gasteiger charge is 2.30. The number of amides is 1. The number of H-pyrrole nitrogens is 1. The number of benzene rings is 1. The van der Waals surface area contributed by atoms with Crippen molar-refractivity contribution in [1.29, 1.82) is 0 Å². The van der Waals surface area contributed by atoms with Crippen LogP contribution in [0.5, 0.6) is 0 Å². The highest BCUT2D eigenvalue weighted by atomic mass is 32.1. The zero-order valence-electron chi connectivity index (χ0n) is 15.6. The number of aromatic amines is 1. The van der Waals surface area contributed by atoms with Crippen LogP contribution < -0.4 is 0 Å². The van der Waals surface area contributed by atoms with Gasteiger partial charge in [0, 0.05) is 18.7 Å². The molecule has 1 atom stereocenters. The first-order chi connectivity index (χ1) is 14.3. The predicted octanol–water partition coefficient (Wildman–Crippen LogP) is 4.21. The standard InChI is InChI=1S/C21H19N5O2S/c27-21(17-12-16(22-23-17)14-6-2-1-3-7-14)26-10-4-8-15(13-26)19-24-25-20(28-19)18-9-5-11-29-18/h1-3,5-7,9,11-12,15H,4,8,10,13H2,(H,22,23). The third kappa shape index (κ3) is 3.58. The Bertz CT molecular complexity index is 1100. The summed E-state index contributed by atoms with van der Waals surface area (Å²) >= 11 is 1.57. The molecule has 1 fully saturated rings. The van der Waals surface area contributed by atoms with Gasteiger partial charge in [0.1, 0.15) is 5.69 Å². The SMILES string of the molecule is O=C(c1cc(-c2ccccc2)n[nH]1)N1CCCC(c2nnc(-c3cccs3)o2)C1. The number of aromatic nitrogens is 4. The highest BCUT2D eigenvalue weighted by Crippen LogP contribution is 2.30. The second kappa shape index (κ2) is 7.63. The fourth-order valence-electron chi connectivity index (χ4n) is 3.62. The number of likely N-dealkylation sites (tertiary alicyclic amines) is 1. The zero-order chi connectivity index (χ0) is 19.6. The Kier molecular flexibility index (Phi) is 4.69. The molecule has 1 aliphatic rings.